The summed E-state index contributed by atoms with van der Waals surface area (Å²) in [4.78, 5) is 17.9. The second kappa shape index (κ2) is 6.24. The lowest BCUT2D eigenvalue weighted by Crippen LogP contribution is -2.51. The summed E-state index contributed by atoms with van der Waals surface area (Å²) < 4.78 is 5.93. The molecule has 0 aromatic heterocycles. The van der Waals surface area contributed by atoms with Crippen molar-refractivity contribution in [1.29, 1.82) is 0 Å². The Hall–Kier alpha value is -0.590. The van der Waals surface area contributed by atoms with Crippen molar-refractivity contribution in [2.45, 2.75) is 50.4 Å². The smallest absolute Gasteiger partial charge is 0.161 e. The number of aliphatic imine (C=N–C) groups is 1. The zero-order chi connectivity index (χ0) is 14.0. The molecule has 1 N–H and O–H groups in total. The van der Waals surface area contributed by atoms with Crippen LogP contribution >= 0.6 is 11.8 Å². The molecule has 0 aromatic carbocycles. The Morgan fingerprint density at radius 1 is 1.53 bits per heavy atom. The number of nitrogens with zero attached hydrogens (tertiary/aromatic N) is 2. The predicted octanol–water partition coefficient (Wildman–Crippen LogP) is 1.11. The number of aliphatic hydroxyl groups is 1. The van der Waals surface area contributed by atoms with Crippen LogP contribution in [0.25, 0.3) is 0 Å². The highest BCUT2D eigenvalue weighted by Gasteiger charge is 2.48. The van der Waals surface area contributed by atoms with E-state index in [9.17, 15) is 9.90 Å². The second-order valence-electron chi connectivity index (χ2n) is 5.07. The third kappa shape index (κ3) is 2.80. The first-order chi connectivity index (χ1) is 9.12. The van der Waals surface area contributed by atoms with E-state index in [4.69, 9.17) is 4.74 Å². The first kappa shape index (κ1) is 14.8. The molecule has 5 nitrogen and oxygen atoms in total. The van der Waals surface area contributed by atoms with Gasteiger partial charge in [-0.15, -0.1) is 0 Å². The highest BCUT2D eigenvalue weighted by Crippen LogP contribution is 2.40. The Morgan fingerprint density at radius 3 is 2.84 bits per heavy atom. The minimum atomic E-state index is -0.741. The lowest BCUT2D eigenvalue weighted by molar-refractivity contribution is -0.142. The van der Waals surface area contributed by atoms with Gasteiger partial charge in [0.1, 0.15) is 17.8 Å². The van der Waals surface area contributed by atoms with Gasteiger partial charge in [0, 0.05) is 13.6 Å². The zero-order valence-corrected chi connectivity index (χ0v) is 12.5. The number of ether oxygens (including phenoxy) is 1. The molecule has 0 radical (unpaired) electrons. The van der Waals surface area contributed by atoms with Crippen LogP contribution in [0.4, 0.5) is 0 Å². The molecule has 2 rings (SSSR count). The minimum absolute atomic E-state index is 0.140. The summed E-state index contributed by atoms with van der Waals surface area (Å²) in [7, 11) is 1.97. The lowest BCUT2D eigenvalue weighted by Gasteiger charge is -2.38. The number of thioether (sulfide) groups is 1. The highest BCUT2D eigenvalue weighted by atomic mass is 32.2. The van der Waals surface area contributed by atoms with Crippen molar-refractivity contribution in [3.05, 3.63) is 0 Å². The van der Waals surface area contributed by atoms with Crippen LogP contribution in [0.1, 0.15) is 26.7 Å². The predicted molar refractivity (Wildman–Crippen MR) is 76.2 cm³/mol. The van der Waals surface area contributed by atoms with Gasteiger partial charge in [0.05, 0.1) is 18.1 Å². The van der Waals surface area contributed by atoms with Gasteiger partial charge in [0.25, 0.3) is 0 Å². The van der Waals surface area contributed by atoms with Gasteiger partial charge in [0.15, 0.2) is 5.17 Å². The molecule has 1 saturated heterocycles. The van der Waals surface area contributed by atoms with Crippen LogP contribution in [-0.4, -0.2) is 58.7 Å². The van der Waals surface area contributed by atoms with Gasteiger partial charge in [-0.1, -0.05) is 25.1 Å². The summed E-state index contributed by atoms with van der Waals surface area (Å²) in [5.74, 6) is -0.453. The first-order valence-electron chi connectivity index (χ1n) is 6.86. The van der Waals surface area contributed by atoms with Crippen LogP contribution in [0.3, 0.4) is 0 Å². The van der Waals surface area contributed by atoms with Gasteiger partial charge in [-0.2, -0.15) is 0 Å². The summed E-state index contributed by atoms with van der Waals surface area (Å²) in [5.41, 5.74) is -0.140. The molecule has 0 amide bonds. The van der Waals surface area contributed by atoms with E-state index in [1.807, 2.05) is 18.9 Å². The topological polar surface area (TPSA) is 62.1 Å². The number of rotatable bonds is 4. The monoisotopic (exact) mass is 286 g/mol. The van der Waals surface area contributed by atoms with Gasteiger partial charge >= 0.3 is 0 Å². The van der Waals surface area contributed by atoms with E-state index in [2.05, 4.69) is 11.9 Å². The number of amidine groups is 1. The summed E-state index contributed by atoms with van der Waals surface area (Å²) >= 11 is 1.56. The van der Waals surface area contributed by atoms with Gasteiger partial charge in [-0.3, -0.25) is 4.99 Å². The molecule has 1 fully saturated rings. The maximum Gasteiger partial charge on any atom is 0.161 e. The first-order valence-corrected chi connectivity index (χ1v) is 7.74. The number of hydrogen-bond donors (Lipinski definition) is 1. The van der Waals surface area contributed by atoms with Gasteiger partial charge < -0.3 is 19.5 Å². The van der Waals surface area contributed by atoms with E-state index in [1.54, 1.807) is 11.8 Å². The Kier molecular flexibility index (Phi) is 4.86. The molecule has 2 aliphatic rings. The van der Waals surface area contributed by atoms with Crippen LogP contribution in [0.15, 0.2) is 4.99 Å². The zero-order valence-electron chi connectivity index (χ0n) is 11.7. The summed E-state index contributed by atoms with van der Waals surface area (Å²) in [5, 5.41) is 11.1. The van der Waals surface area contributed by atoms with E-state index < -0.39 is 12.0 Å². The largest absolute Gasteiger partial charge is 0.390 e. The number of aldehydes is 1. The van der Waals surface area contributed by atoms with Crippen molar-refractivity contribution >= 4 is 23.2 Å². The fourth-order valence-corrected chi connectivity index (χ4v) is 3.76. The highest BCUT2D eigenvalue weighted by molar-refractivity contribution is 8.14. The molecule has 5 atom stereocenters. The molecule has 0 spiro atoms. The Labute approximate surface area is 118 Å². The van der Waals surface area contributed by atoms with Crippen molar-refractivity contribution in [3.8, 4) is 0 Å². The molecule has 5 unspecified atom stereocenters. The third-order valence-electron chi connectivity index (χ3n) is 3.77. The molecule has 6 heteroatoms. The van der Waals surface area contributed by atoms with E-state index >= 15 is 0 Å². The second-order valence-corrected chi connectivity index (χ2v) is 6.14. The molecule has 0 bridgehead atoms. The van der Waals surface area contributed by atoms with Crippen LogP contribution in [-0.2, 0) is 9.53 Å². The van der Waals surface area contributed by atoms with Gasteiger partial charge in [-0.05, 0) is 13.3 Å². The molecule has 2 aliphatic heterocycles. The molecule has 0 aliphatic carbocycles. The number of carbonyl (C=O) groups is 1. The third-order valence-corrected chi connectivity index (χ3v) is 5.02. The lowest BCUT2D eigenvalue weighted by atomic mass is 9.88. The van der Waals surface area contributed by atoms with Crippen molar-refractivity contribution < 1.29 is 14.6 Å². The van der Waals surface area contributed by atoms with Crippen molar-refractivity contribution in [3.63, 3.8) is 0 Å². The number of aliphatic hydroxyl groups excluding tert-OH is 1. The fraction of sp³-hybridized carbons (Fsp3) is 0.846. The number of hydrogen-bond acceptors (Lipinski definition) is 6. The van der Waals surface area contributed by atoms with E-state index in [-0.39, 0.29) is 17.6 Å². The van der Waals surface area contributed by atoms with E-state index in [0.29, 0.717) is 0 Å². The molecule has 0 saturated carbocycles. The quantitative estimate of drug-likeness (QED) is 0.785. The summed E-state index contributed by atoms with van der Waals surface area (Å²) in [6, 6.07) is -0.255. The molecule has 2 heterocycles. The maximum absolute atomic E-state index is 11.3. The molecule has 19 heavy (non-hydrogen) atoms. The summed E-state index contributed by atoms with van der Waals surface area (Å²) in [6.07, 6.45) is 1.54. The average molecular weight is 286 g/mol. The molecular weight excluding hydrogens is 264 g/mol. The van der Waals surface area contributed by atoms with Gasteiger partial charge in [0.2, 0.25) is 0 Å². The number of fused-ring (bicyclic) bond motifs is 1. The standard InChI is InChI=1S/C13H22N2O3S/c1-4-6-9-11(17)8(7-16)10-12(18-9)19-13(14-10)15(3)5-2/h7-12,17H,4-6H2,1-3H3. The van der Waals surface area contributed by atoms with Crippen molar-refractivity contribution in [2.75, 3.05) is 13.6 Å². The molecule has 0 aromatic rings. The number of carbonyl (C=O) groups excluding carboxylic acids is 1. The average Bonchev–Trinajstić information content (AvgIpc) is 2.82. The van der Waals surface area contributed by atoms with Crippen LogP contribution in [0.5, 0.6) is 0 Å². The normalized spacial score (nSPS) is 37.7. The van der Waals surface area contributed by atoms with E-state index in [1.165, 1.54) is 0 Å². The Bertz CT molecular complexity index is 364. The van der Waals surface area contributed by atoms with Crippen molar-refractivity contribution in [1.82, 2.24) is 4.90 Å². The van der Waals surface area contributed by atoms with Gasteiger partial charge in [-0.25, -0.2) is 0 Å². The minimum Gasteiger partial charge on any atom is -0.390 e. The fourth-order valence-electron chi connectivity index (χ4n) is 2.48. The summed E-state index contributed by atoms with van der Waals surface area (Å²) in [6.45, 7) is 4.96. The van der Waals surface area contributed by atoms with Crippen LogP contribution in [0.2, 0.25) is 0 Å². The Balaban J connectivity index is 2.16. The molecule has 108 valence electrons. The SMILES string of the molecule is CCCC1OC2SC(N(C)CC)=NC2C(C=O)C1O. The van der Waals surface area contributed by atoms with Crippen LogP contribution in [0, 0.1) is 5.92 Å². The molecular formula is C13H22N2O3S. The maximum atomic E-state index is 11.3. The van der Waals surface area contributed by atoms with E-state index in [0.717, 1.165) is 30.8 Å². The van der Waals surface area contributed by atoms with Crippen LogP contribution < -0.4 is 0 Å². The Morgan fingerprint density at radius 2 is 2.26 bits per heavy atom. The van der Waals surface area contributed by atoms with Crippen molar-refractivity contribution in [2.24, 2.45) is 10.9 Å².